The third-order valence-electron chi connectivity index (χ3n) is 12.4. The second kappa shape index (κ2) is 14.2. The van der Waals surface area contributed by atoms with Gasteiger partial charge in [-0.15, -0.1) is 11.3 Å². The smallest absolute Gasteiger partial charge is 0.238 e. The minimum atomic E-state index is 0.580. The van der Waals surface area contributed by atoms with E-state index in [2.05, 4.69) is 161 Å². The van der Waals surface area contributed by atoms with Crippen molar-refractivity contribution in [2.45, 2.75) is 0 Å². The molecule has 9 aromatic carbocycles. The van der Waals surface area contributed by atoms with Crippen LogP contribution in [0.25, 0.3) is 120 Å². The lowest BCUT2D eigenvalue weighted by Crippen LogP contribution is -2.06. The molecule has 4 heterocycles. The molecule has 294 valence electrons. The first kappa shape index (κ1) is 35.6. The molecule has 0 saturated heterocycles. The van der Waals surface area contributed by atoms with Crippen LogP contribution in [0.5, 0.6) is 0 Å². The summed E-state index contributed by atoms with van der Waals surface area (Å²) in [4.78, 5) is 15.3. The van der Waals surface area contributed by atoms with E-state index in [0.29, 0.717) is 17.6 Å². The van der Waals surface area contributed by atoms with Gasteiger partial charge in [-0.3, -0.25) is 4.57 Å². The number of fused-ring (bicyclic) bond motifs is 9. The van der Waals surface area contributed by atoms with E-state index >= 15 is 0 Å². The van der Waals surface area contributed by atoms with Crippen LogP contribution in [0.2, 0.25) is 0 Å². The van der Waals surface area contributed by atoms with Crippen molar-refractivity contribution in [2.75, 3.05) is 0 Å². The van der Waals surface area contributed by atoms with Crippen LogP contribution in [0.15, 0.2) is 212 Å². The van der Waals surface area contributed by atoms with E-state index in [4.69, 9.17) is 15.0 Å². The predicted molar refractivity (Wildman–Crippen MR) is 263 cm³/mol. The zero-order chi connectivity index (χ0) is 41.4. The van der Waals surface area contributed by atoms with Gasteiger partial charge in [-0.25, -0.2) is 4.98 Å². The molecule has 0 bridgehead atoms. The van der Waals surface area contributed by atoms with Crippen molar-refractivity contribution in [3.8, 4) is 56.7 Å². The maximum atomic E-state index is 5.16. The van der Waals surface area contributed by atoms with Gasteiger partial charge in [-0.2, -0.15) is 9.97 Å². The van der Waals surface area contributed by atoms with Gasteiger partial charge >= 0.3 is 0 Å². The van der Waals surface area contributed by atoms with Crippen LogP contribution in [-0.2, 0) is 0 Å². The van der Waals surface area contributed by atoms with E-state index in [9.17, 15) is 0 Å². The first-order chi connectivity index (χ1) is 31.2. The second-order valence-electron chi connectivity index (χ2n) is 16.0. The van der Waals surface area contributed by atoms with Crippen molar-refractivity contribution in [3.63, 3.8) is 0 Å². The maximum absolute atomic E-state index is 5.16. The molecule has 0 aliphatic carbocycles. The molecule has 0 aliphatic rings. The highest BCUT2D eigenvalue weighted by molar-refractivity contribution is 7.25. The first-order valence-corrected chi connectivity index (χ1v) is 22.0. The molecular weight excluding hydrogens is 787 g/mol. The number of hydrogen-bond acceptors (Lipinski definition) is 4. The zero-order valence-corrected chi connectivity index (χ0v) is 34.7. The van der Waals surface area contributed by atoms with Gasteiger partial charge in [0.2, 0.25) is 5.95 Å². The summed E-state index contributed by atoms with van der Waals surface area (Å²) in [6.07, 6.45) is 0. The summed E-state index contributed by atoms with van der Waals surface area (Å²) in [5.41, 5.74) is 12.1. The summed E-state index contributed by atoms with van der Waals surface area (Å²) in [5.74, 6) is 1.84. The summed E-state index contributed by atoms with van der Waals surface area (Å²) < 4.78 is 7.24. The van der Waals surface area contributed by atoms with Gasteiger partial charge in [0.1, 0.15) is 0 Å². The van der Waals surface area contributed by atoms with Gasteiger partial charge in [-0.1, -0.05) is 152 Å². The van der Waals surface area contributed by atoms with Crippen LogP contribution in [0.4, 0.5) is 0 Å². The van der Waals surface area contributed by atoms with Crippen molar-refractivity contribution in [1.29, 1.82) is 0 Å². The Balaban J connectivity index is 0.936. The van der Waals surface area contributed by atoms with Crippen molar-refractivity contribution < 1.29 is 0 Å². The molecule has 0 saturated carbocycles. The van der Waals surface area contributed by atoms with Crippen molar-refractivity contribution in [1.82, 2.24) is 24.1 Å². The quantitative estimate of drug-likeness (QED) is 0.168. The molecule has 6 heteroatoms. The van der Waals surface area contributed by atoms with Gasteiger partial charge in [0.05, 0.1) is 22.1 Å². The lowest BCUT2D eigenvalue weighted by molar-refractivity contribution is 0.953. The van der Waals surface area contributed by atoms with Crippen molar-refractivity contribution in [3.05, 3.63) is 212 Å². The van der Waals surface area contributed by atoms with Gasteiger partial charge in [0, 0.05) is 58.5 Å². The summed E-state index contributed by atoms with van der Waals surface area (Å²) in [6, 6.07) is 75.8. The Morgan fingerprint density at radius 1 is 0.286 bits per heavy atom. The highest BCUT2D eigenvalue weighted by Crippen LogP contribution is 2.40. The van der Waals surface area contributed by atoms with Gasteiger partial charge in [0.15, 0.2) is 11.6 Å². The average Bonchev–Trinajstić information content (AvgIpc) is 4.01. The van der Waals surface area contributed by atoms with E-state index < -0.39 is 0 Å². The number of thiophene rings is 1. The highest BCUT2D eigenvalue weighted by Gasteiger charge is 2.20. The normalized spacial score (nSPS) is 11.8. The van der Waals surface area contributed by atoms with Gasteiger partial charge < -0.3 is 4.57 Å². The summed E-state index contributed by atoms with van der Waals surface area (Å²) in [7, 11) is 0. The molecule has 0 N–H and O–H groups in total. The van der Waals surface area contributed by atoms with Crippen LogP contribution >= 0.6 is 11.3 Å². The van der Waals surface area contributed by atoms with Crippen LogP contribution in [-0.4, -0.2) is 24.1 Å². The fraction of sp³-hybridized carbons (Fsp3) is 0. The van der Waals surface area contributed by atoms with E-state index in [1.807, 2.05) is 72.0 Å². The number of nitrogens with zero attached hydrogens (tertiary/aromatic N) is 5. The number of hydrogen-bond donors (Lipinski definition) is 0. The molecule has 0 aliphatic heterocycles. The van der Waals surface area contributed by atoms with E-state index in [1.165, 1.54) is 53.1 Å². The van der Waals surface area contributed by atoms with E-state index in [1.54, 1.807) is 0 Å². The summed E-state index contributed by atoms with van der Waals surface area (Å²) >= 11 is 1.86. The maximum Gasteiger partial charge on any atom is 0.238 e. The Labute approximate surface area is 366 Å². The van der Waals surface area contributed by atoms with Crippen LogP contribution in [0, 0.1) is 0 Å². The molecule has 63 heavy (non-hydrogen) atoms. The Kier molecular flexibility index (Phi) is 8.01. The molecule has 0 fully saturated rings. The fourth-order valence-corrected chi connectivity index (χ4v) is 10.5. The van der Waals surface area contributed by atoms with Gasteiger partial charge in [0.25, 0.3) is 0 Å². The Morgan fingerprint density at radius 2 is 0.778 bits per heavy atom. The largest absolute Gasteiger partial charge is 0.309 e. The molecule has 0 spiro atoms. The molecule has 0 amide bonds. The molecular formula is C57H35N5S. The molecule has 0 radical (unpaired) electrons. The van der Waals surface area contributed by atoms with Crippen molar-refractivity contribution >= 4 is 75.1 Å². The molecule has 4 aromatic heterocycles. The second-order valence-corrected chi connectivity index (χ2v) is 17.1. The SMILES string of the molecule is c1ccc(-c2nc(-c3ccccc3)nc(-n3c4ccccc4c4ccc(-c5ccc6c(c5)c5ccccc5n6-c5ccc(-c6ccc7sc8ccccc8c7c6)cc5)cc43)n2)cc1. The molecule has 0 unspecified atom stereocenters. The number of rotatable bonds is 6. The van der Waals surface area contributed by atoms with Crippen LogP contribution in [0.1, 0.15) is 0 Å². The van der Waals surface area contributed by atoms with E-state index in [0.717, 1.165) is 49.7 Å². The minimum Gasteiger partial charge on any atom is -0.309 e. The Hall–Kier alpha value is -8.19. The first-order valence-electron chi connectivity index (χ1n) is 21.2. The average molecular weight is 822 g/mol. The standard InChI is InChI=1S/C57H35N5S/c1-3-13-37(14-4-1)55-58-56(38-15-5-2-6-16-38)60-57(59-55)62-50-21-11-7-17-43(50)45-30-25-41(35-52(45)62)40-26-31-51-47(33-40)44-18-8-10-20-49(44)61(51)42-28-23-36(24-29-42)39-27-32-54-48(34-39)46-19-9-12-22-53(46)63-54/h1-35H. The zero-order valence-electron chi connectivity index (χ0n) is 33.9. The third-order valence-corrected chi connectivity index (χ3v) is 13.6. The van der Waals surface area contributed by atoms with Crippen molar-refractivity contribution in [2.24, 2.45) is 0 Å². The number of benzene rings is 9. The number of aromatic nitrogens is 5. The lowest BCUT2D eigenvalue weighted by Gasteiger charge is -2.12. The highest BCUT2D eigenvalue weighted by atomic mass is 32.1. The fourth-order valence-electron chi connectivity index (χ4n) is 9.40. The minimum absolute atomic E-state index is 0.580. The predicted octanol–water partition coefficient (Wildman–Crippen LogP) is 15.1. The molecule has 13 rings (SSSR count). The number of para-hydroxylation sites is 2. The lowest BCUT2D eigenvalue weighted by atomic mass is 10.0. The monoisotopic (exact) mass is 821 g/mol. The van der Waals surface area contributed by atoms with Crippen LogP contribution < -0.4 is 0 Å². The third kappa shape index (κ3) is 5.80. The molecule has 13 aromatic rings. The molecule has 5 nitrogen and oxygen atoms in total. The Bertz CT molecular complexity index is 3840. The van der Waals surface area contributed by atoms with Crippen LogP contribution in [0.3, 0.4) is 0 Å². The van der Waals surface area contributed by atoms with E-state index in [-0.39, 0.29) is 0 Å². The Morgan fingerprint density at radius 3 is 1.51 bits per heavy atom. The summed E-state index contributed by atoms with van der Waals surface area (Å²) in [5, 5.41) is 7.35. The molecule has 0 atom stereocenters. The van der Waals surface area contributed by atoms with Gasteiger partial charge in [-0.05, 0) is 82.9 Å². The summed E-state index contributed by atoms with van der Waals surface area (Å²) in [6.45, 7) is 0. The topological polar surface area (TPSA) is 48.5 Å².